The number of anilines is 2. The van der Waals surface area contributed by atoms with Crippen LogP contribution in [-0.4, -0.2) is 68.9 Å². The van der Waals surface area contributed by atoms with E-state index >= 15 is 0 Å². The van der Waals surface area contributed by atoms with Crippen molar-refractivity contribution in [3.8, 4) is 11.3 Å². The summed E-state index contributed by atoms with van der Waals surface area (Å²) in [6, 6.07) is 13.6. The lowest BCUT2D eigenvalue weighted by Crippen LogP contribution is -2.46. The van der Waals surface area contributed by atoms with Crippen LogP contribution in [0.25, 0.3) is 16.9 Å². The first kappa shape index (κ1) is 21.5. The van der Waals surface area contributed by atoms with Crippen LogP contribution in [0.3, 0.4) is 0 Å². The Kier molecular flexibility index (Phi) is 5.48. The fourth-order valence-electron chi connectivity index (χ4n) is 4.45. The average Bonchev–Trinajstić information content (AvgIpc) is 3.58. The molecule has 1 fully saturated rings. The van der Waals surface area contributed by atoms with E-state index in [0.717, 1.165) is 22.5 Å². The smallest absolute Gasteiger partial charge is 0.254 e. The molecular formula is C26H24N6O3. The monoisotopic (exact) mass is 468 g/mol. The number of hydrogen-bond acceptors (Lipinski definition) is 7. The Morgan fingerprint density at radius 3 is 2.94 bits per heavy atom. The van der Waals surface area contributed by atoms with Crippen molar-refractivity contribution in [3.63, 3.8) is 0 Å². The molecule has 9 heteroatoms. The molecule has 2 aromatic carbocycles. The van der Waals surface area contributed by atoms with Gasteiger partial charge in [-0.2, -0.15) is 0 Å². The number of morpholine rings is 1. The molecule has 0 radical (unpaired) electrons. The highest BCUT2D eigenvalue weighted by molar-refractivity contribution is 5.94. The predicted molar refractivity (Wildman–Crippen MR) is 132 cm³/mol. The van der Waals surface area contributed by atoms with E-state index < -0.39 is 0 Å². The van der Waals surface area contributed by atoms with Gasteiger partial charge in [0.05, 0.1) is 31.6 Å². The number of aliphatic hydroxyl groups excluding tert-OH is 1. The number of aliphatic hydroxyl groups is 1. The number of benzene rings is 2. The SMILES string of the molecule is O=C(c1ccc(Nc2nc(-c3ccc4c(c3)CN=C4)cn3ccnc23)cc1)N1CCOC(CO)C1. The summed E-state index contributed by atoms with van der Waals surface area (Å²) in [5, 5.41) is 12.7. The van der Waals surface area contributed by atoms with Crippen LogP contribution >= 0.6 is 0 Å². The minimum Gasteiger partial charge on any atom is -0.394 e. The third-order valence-corrected chi connectivity index (χ3v) is 6.33. The lowest BCUT2D eigenvalue weighted by Gasteiger charge is -2.32. The van der Waals surface area contributed by atoms with Gasteiger partial charge in [-0.15, -0.1) is 0 Å². The number of ether oxygens (including phenoxy) is 1. The first-order valence-corrected chi connectivity index (χ1v) is 11.5. The molecule has 2 aromatic heterocycles. The van der Waals surface area contributed by atoms with Gasteiger partial charge in [0.2, 0.25) is 0 Å². The van der Waals surface area contributed by atoms with E-state index in [9.17, 15) is 9.90 Å². The van der Waals surface area contributed by atoms with Crippen LogP contribution < -0.4 is 5.32 Å². The van der Waals surface area contributed by atoms with Crippen molar-refractivity contribution in [1.29, 1.82) is 0 Å². The zero-order chi connectivity index (χ0) is 23.8. The highest BCUT2D eigenvalue weighted by Gasteiger charge is 2.24. The summed E-state index contributed by atoms with van der Waals surface area (Å²) in [4.78, 5) is 28.3. The number of imidazole rings is 1. The molecule has 176 valence electrons. The van der Waals surface area contributed by atoms with Gasteiger partial charge in [-0.05, 0) is 41.5 Å². The van der Waals surface area contributed by atoms with Crippen LogP contribution in [0.2, 0.25) is 0 Å². The number of fused-ring (bicyclic) bond motifs is 2. The number of aliphatic imine (C=N–C) groups is 1. The number of nitrogens with zero attached hydrogens (tertiary/aromatic N) is 5. The van der Waals surface area contributed by atoms with Gasteiger partial charge in [-0.3, -0.25) is 9.79 Å². The van der Waals surface area contributed by atoms with Crippen molar-refractivity contribution in [1.82, 2.24) is 19.3 Å². The second kappa shape index (κ2) is 8.94. The molecule has 6 rings (SSSR count). The second-order valence-electron chi connectivity index (χ2n) is 8.65. The number of amides is 1. The number of aromatic nitrogens is 3. The fraction of sp³-hybridized carbons (Fsp3) is 0.231. The lowest BCUT2D eigenvalue weighted by atomic mass is 10.0. The summed E-state index contributed by atoms with van der Waals surface area (Å²) in [7, 11) is 0. The van der Waals surface area contributed by atoms with E-state index in [1.165, 1.54) is 5.56 Å². The van der Waals surface area contributed by atoms with E-state index in [1.807, 2.05) is 35.1 Å². The number of nitrogens with one attached hydrogen (secondary N) is 1. The maximum atomic E-state index is 12.9. The summed E-state index contributed by atoms with van der Waals surface area (Å²) >= 11 is 0. The second-order valence-corrected chi connectivity index (χ2v) is 8.65. The van der Waals surface area contributed by atoms with Crippen LogP contribution in [0.5, 0.6) is 0 Å². The maximum Gasteiger partial charge on any atom is 0.254 e. The summed E-state index contributed by atoms with van der Waals surface area (Å²) < 4.78 is 7.39. The van der Waals surface area contributed by atoms with Crippen LogP contribution in [0, 0.1) is 0 Å². The van der Waals surface area contributed by atoms with Crippen molar-refractivity contribution >= 4 is 29.3 Å². The van der Waals surface area contributed by atoms with Gasteiger partial charge in [0.25, 0.3) is 5.91 Å². The van der Waals surface area contributed by atoms with E-state index in [4.69, 9.17) is 9.72 Å². The summed E-state index contributed by atoms with van der Waals surface area (Å²) in [5.74, 6) is 0.553. The van der Waals surface area contributed by atoms with Crippen molar-refractivity contribution in [3.05, 3.63) is 77.7 Å². The highest BCUT2D eigenvalue weighted by atomic mass is 16.5. The molecule has 2 aliphatic rings. The minimum absolute atomic E-state index is 0.0744. The third kappa shape index (κ3) is 4.16. The Labute approximate surface area is 201 Å². The van der Waals surface area contributed by atoms with E-state index in [1.54, 1.807) is 23.2 Å². The molecule has 1 atom stereocenters. The molecular weight excluding hydrogens is 444 g/mol. The van der Waals surface area contributed by atoms with Crippen LogP contribution in [0.15, 0.2) is 66.0 Å². The quantitative estimate of drug-likeness (QED) is 0.467. The Balaban J connectivity index is 1.25. The van der Waals surface area contributed by atoms with Gasteiger partial charge < -0.3 is 24.5 Å². The molecule has 1 unspecified atom stereocenters. The molecule has 0 aliphatic carbocycles. The standard InChI is InChI=1S/C26H24N6O3/c33-16-22-14-32(9-10-35-22)26(34)17-3-5-21(6-4-17)29-24-25-28-7-8-31(25)15-23(30-24)18-1-2-19-12-27-13-20(19)11-18/h1-8,11-12,15,22,33H,9-10,13-14,16H2,(H,29,30). The number of carbonyl (C=O) groups is 1. The van der Waals surface area contributed by atoms with E-state index in [0.29, 0.717) is 43.3 Å². The minimum atomic E-state index is -0.331. The molecule has 9 nitrogen and oxygen atoms in total. The Morgan fingerprint density at radius 2 is 2.09 bits per heavy atom. The van der Waals surface area contributed by atoms with Gasteiger partial charge in [0.15, 0.2) is 11.5 Å². The number of rotatable bonds is 5. The largest absolute Gasteiger partial charge is 0.394 e. The van der Waals surface area contributed by atoms with Crippen molar-refractivity contribution in [2.45, 2.75) is 12.6 Å². The van der Waals surface area contributed by atoms with Crippen molar-refractivity contribution in [2.75, 3.05) is 31.6 Å². The van der Waals surface area contributed by atoms with Crippen LogP contribution in [-0.2, 0) is 11.3 Å². The molecule has 2 N–H and O–H groups in total. The summed E-state index contributed by atoms with van der Waals surface area (Å²) in [6.07, 6.45) is 7.17. The highest BCUT2D eigenvalue weighted by Crippen LogP contribution is 2.27. The Morgan fingerprint density at radius 1 is 1.20 bits per heavy atom. The molecule has 0 spiro atoms. The fourth-order valence-corrected chi connectivity index (χ4v) is 4.45. The zero-order valence-electron chi connectivity index (χ0n) is 19.0. The maximum absolute atomic E-state index is 12.9. The van der Waals surface area contributed by atoms with Crippen molar-refractivity contribution < 1.29 is 14.6 Å². The predicted octanol–water partition coefficient (Wildman–Crippen LogP) is 2.91. The first-order chi connectivity index (χ1) is 17.2. The van der Waals surface area contributed by atoms with Gasteiger partial charge >= 0.3 is 0 Å². The van der Waals surface area contributed by atoms with Crippen molar-refractivity contribution in [2.24, 2.45) is 4.99 Å². The molecule has 0 bridgehead atoms. The molecule has 35 heavy (non-hydrogen) atoms. The summed E-state index contributed by atoms with van der Waals surface area (Å²) in [5.41, 5.74) is 6.27. The molecule has 1 amide bonds. The zero-order valence-corrected chi connectivity index (χ0v) is 19.0. The summed E-state index contributed by atoms with van der Waals surface area (Å²) in [6.45, 7) is 1.92. The van der Waals surface area contributed by atoms with Crippen LogP contribution in [0.1, 0.15) is 21.5 Å². The van der Waals surface area contributed by atoms with Gasteiger partial charge in [-0.25, -0.2) is 9.97 Å². The molecule has 4 heterocycles. The normalized spacial score (nSPS) is 17.1. The third-order valence-electron chi connectivity index (χ3n) is 6.33. The Bertz CT molecular complexity index is 1430. The number of carbonyl (C=O) groups excluding carboxylic acids is 1. The topological polar surface area (TPSA) is 104 Å². The molecule has 4 aromatic rings. The molecule has 2 aliphatic heterocycles. The molecule has 0 saturated carbocycles. The van der Waals surface area contributed by atoms with Gasteiger partial charge in [0.1, 0.15) is 0 Å². The van der Waals surface area contributed by atoms with E-state index in [-0.39, 0.29) is 18.6 Å². The van der Waals surface area contributed by atoms with Gasteiger partial charge in [0, 0.05) is 54.7 Å². The van der Waals surface area contributed by atoms with E-state index in [2.05, 4.69) is 33.5 Å². The first-order valence-electron chi connectivity index (χ1n) is 11.5. The molecule has 1 saturated heterocycles. The van der Waals surface area contributed by atoms with Gasteiger partial charge in [-0.1, -0.05) is 12.1 Å². The Hall–Kier alpha value is -4.08. The lowest BCUT2D eigenvalue weighted by molar-refractivity contribution is -0.0447. The average molecular weight is 469 g/mol. The number of hydrogen-bond donors (Lipinski definition) is 2. The van der Waals surface area contributed by atoms with Crippen LogP contribution in [0.4, 0.5) is 11.5 Å².